The Morgan fingerprint density at radius 1 is 1.10 bits per heavy atom. The van der Waals surface area contributed by atoms with Gasteiger partial charge in [0.25, 0.3) is 0 Å². The quantitative estimate of drug-likeness (QED) is 0.823. The van der Waals surface area contributed by atoms with Crippen molar-refractivity contribution in [2.24, 2.45) is 0 Å². The van der Waals surface area contributed by atoms with Crippen LogP contribution in [0.5, 0.6) is 5.75 Å². The van der Waals surface area contributed by atoms with E-state index in [4.69, 9.17) is 17.0 Å². The maximum atomic E-state index is 13.2. The predicted molar refractivity (Wildman–Crippen MR) is 88.6 cm³/mol. The van der Waals surface area contributed by atoms with E-state index in [2.05, 4.69) is 10.6 Å². The lowest BCUT2D eigenvalue weighted by molar-refractivity contribution is 0.340. The topological polar surface area (TPSA) is 33.3 Å². The van der Waals surface area contributed by atoms with Crippen molar-refractivity contribution in [3.63, 3.8) is 0 Å². The van der Waals surface area contributed by atoms with Crippen molar-refractivity contribution < 1.29 is 9.13 Å². The first kappa shape index (κ1) is 15.3. The molecule has 110 valence electrons. The average Bonchev–Trinajstić information content (AvgIpc) is 2.45. The molecule has 2 aromatic rings. The number of halogens is 1. The SMILES string of the molecule is CCOc1ccc(NC(=S)Nc2ccc(F)c(C)c2)cc1. The molecule has 0 aromatic heterocycles. The summed E-state index contributed by atoms with van der Waals surface area (Å²) in [6, 6.07) is 12.3. The van der Waals surface area contributed by atoms with Gasteiger partial charge in [0.1, 0.15) is 11.6 Å². The smallest absolute Gasteiger partial charge is 0.175 e. The van der Waals surface area contributed by atoms with E-state index in [0.29, 0.717) is 17.3 Å². The van der Waals surface area contributed by atoms with E-state index >= 15 is 0 Å². The van der Waals surface area contributed by atoms with Gasteiger partial charge >= 0.3 is 0 Å². The number of hydrogen-bond donors (Lipinski definition) is 2. The van der Waals surface area contributed by atoms with Gasteiger partial charge in [-0.05, 0) is 74.1 Å². The third-order valence-corrected chi connectivity index (χ3v) is 3.04. The summed E-state index contributed by atoms with van der Waals surface area (Å²) in [4.78, 5) is 0. The van der Waals surface area contributed by atoms with Crippen LogP contribution in [0.2, 0.25) is 0 Å². The lowest BCUT2D eigenvalue weighted by Gasteiger charge is -2.12. The third kappa shape index (κ3) is 4.43. The molecule has 3 nitrogen and oxygen atoms in total. The van der Waals surface area contributed by atoms with Crippen molar-refractivity contribution in [1.82, 2.24) is 0 Å². The van der Waals surface area contributed by atoms with Crippen molar-refractivity contribution in [3.05, 3.63) is 53.8 Å². The fourth-order valence-electron chi connectivity index (χ4n) is 1.82. The molecule has 0 saturated carbocycles. The van der Waals surface area contributed by atoms with Crippen LogP contribution in [0.25, 0.3) is 0 Å². The standard InChI is InChI=1S/C16H17FN2OS/c1-3-20-14-7-4-12(5-8-14)18-16(21)19-13-6-9-15(17)11(2)10-13/h4-10H,3H2,1-2H3,(H2,18,19,21). The van der Waals surface area contributed by atoms with E-state index in [-0.39, 0.29) is 5.82 Å². The van der Waals surface area contributed by atoms with E-state index in [9.17, 15) is 4.39 Å². The molecule has 2 N–H and O–H groups in total. The van der Waals surface area contributed by atoms with Crippen LogP contribution in [0.3, 0.4) is 0 Å². The molecule has 0 radical (unpaired) electrons. The average molecular weight is 304 g/mol. The Kier molecular flexibility index (Phi) is 5.11. The molecule has 0 unspecified atom stereocenters. The van der Waals surface area contributed by atoms with Gasteiger partial charge in [-0.15, -0.1) is 0 Å². The summed E-state index contributed by atoms with van der Waals surface area (Å²) in [5.41, 5.74) is 2.18. The Morgan fingerprint density at radius 2 is 1.71 bits per heavy atom. The summed E-state index contributed by atoms with van der Waals surface area (Å²) < 4.78 is 18.6. The number of anilines is 2. The molecular weight excluding hydrogens is 287 g/mol. The number of ether oxygens (including phenoxy) is 1. The van der Waals surface area contributed by atoms with Gasteiger partial charge < -0.3 is 15.4 Å². The fourth-order valence-corrected chi connectivity index (χ4v) is 2.05. The van der Waals surface area contributed by atoms with Crippen LogP contribution in [0.1, 0.15) is 12.5 Å². The van der Waals surface area contributed by atoms with Gasteiger partial charge in [0.15, 0.2) is 5.11 Å². The second kappa shape index (κ2) is 7.04. The first-order chi connectivity index (χ1) is 10.1. The van der Waals surface area contributed by atoms with Crippen LogP contribution in [0.15, 0.2) is 42.5 Å². The molecule has 2 aromatic carbocycles. The number of thiocarbonyl (C=S) groups is 1. The highest BCUT2D eigenvalue weighted by Gasteiger charge is 2.02. The number of hydrogen-bond acceptors (Lipinski definition) is 2. The molecule has 0 heterocycles. The van der Waals surface area contributed by atoms with Crippen LogP contribution in [-0.2, 0) is 0 Å². The second-order valence-corrected chi connectivity index (χ2v) is 4.91. The van der Waals surface area contributed by atoms with Gasteiger partial charge in [-0.1, -0.05) is 0 Å². The van der Waals surface area contributed by atoms with Crippen LogP contribution in [0.4, 0.5) is 15.8 Å². The maximum Gasteiger partial charge on any atom is 0.175 e. The summed E-state index contributed by atoms with van der Waals surface area (Å²) in [5.74, 6) is 0.585. The highest BCUT2D eigenvalue weighted by Crippen LogP contribution is 2.17. The summed E-state index contributed by atoms with van der Waals surface area (Å²) in [5, 5.41) is 6.53. The molecule has 0 aliphatic heterocycles. The van der Waals surface area contributed by atoms with Crippen molar-refractivity contribution >= 4 is 28.7 Å². The van der Waals surface area contributed by atoms with E-state index in [1.165, 1.54) is 6.07 Å². The molecule has 0 fully saturated rings. The third-order valence-electron chi connectivity index (χ3n) is 2.84. The minimum atomic E-state index is -0.231. The van der Waals surface area contributed by atoms with Gasteiger partial charge in [-0.2, -0.15) is 0 Å². The summed E-state index contributed by atoms with van der Waals surface area (Å²) >= 11 is 5.23. The molecule has 0 amide bonds. The molecule has 2 rings (SSSR count). The van der Waals surface area contributed by atoms with Crippen LogP contribution in [-0.4, -0.2) is 11.7 Å². The van der Waals surface area contributed by atoms with E-state index < -0.39 is 0 Å². The van der Waals surface area contributed by atoms with E-state index in [0.717, 1.165) is 17.1 Å². The zero-order chi connectivity index (χ0) is 15.2. The highest BCUT2D eigenvalue weighted by atomic mass is 32.1. The highest BCUT2D eigenvalue weighted by molar-refractivity contribution is 7.80. The van der Waals surface area contributed by atoms with E-state index in [1.807, 2.05) is 31.2 Å². The first-order valence-corrected chi connectivity index (χ1v) is 7.06. The van der Waals surface area contributed by atoms with Crippen LogP contribution < -0.4 is 15.4 Å². The zero-order valence-electron chi connectivity index (χ0n) is 11.9. The van der Waals surface area contributed by atoms with Crippen molar-refractivity contribution in [2.75, 3.05) is 17.2 Å². The zero-order valence-corrected chi connectivity index (χ0v) is 12.8. The summed E-state index contributed by atoms with van der Waals surface area (Å²) in [6.45, 7) is 4.29. The monoisotopic (exact) mass is 304 g/mol. The lowest BCUT2D eigenvalue weighted by atomic mass is 10.2. The molecule has 0 aliphatic rings. The first-order valence-electron chi connectivity index (χ1n) is 6.65. The summed E-state index contributed by atoms with van der Waals surface area (Å²) in [6.07, 6.45) is 0. The van der Waals surface area contributed by atoms with Crippen molar-refractivity contribution in [3.8, 4) is 5.75 Å². The molecule has 21 heavy (non-hydrogen) atoms. The van der Waals surface area contributed by atoms with Gasteiger partial charge in [0, 0.05) is 11.4 Å². The number of nitrogens with one attached hydrogen (secondary N) is 2. The number of benzene rings is 2. The van der Waals surface area contributed by atoms with Gasteiger partial charge in [0.05, 0.1) is 6.61 Å². The fraction of sp³-hybridized carbons (Fsp3) is 0.188. The van der Waals surface area contributed by atoms with Gasteiger partial charge in [0.2, 0.25) is 0 Å². The Labute approximate surface area is 129 Å². The minimum Gasteiger partial charge on any atom is -0.494 e. The molecule has 0 saturated heterocycles. The van der Waals surface area contributed by atoms with E-state index in [1.54, 1.807) is 19.1 Å². The number of rotatable bonds is 4. The molecule has 0 atom stereocenters. The molecule has 0 aliphatic carbocycles. The Morgan fingerprint density at radius 3 is 2.33 bits per heavy atom. The predicted octanol–water partition coefficient (Wildman–Crippen LogP) is 4.34. The minimum absolute atomic E-state index is 0.231. The second-order valence-electron chi connectivity index (χ2n) is 4.50. The molecular formula is C16H17FN2OS. The lowest BCUT2D eigenvalue weighted by Crippen LogP contribution is -2.19. The Bertz CT molecular complexity index is 629. The van der Waals surface area contributed by atoms with Crippen LogP contribution >= 0.6 is 12.2 Å². The summed E-state index contributed by atoms with van der Waals surface area (Å²) in [7, 11) is 0. The molecule has 5 heteroatoms. The van der Waals surface area contributed by atoms with Crippen LogP contribution in [0, 0.1) is 12.7 Å². The largest absolute Gasteiger partial charge is 0.494 e. The Hall–Kier alpha value is -2.14. The van der Waals surface area contributed by atoms with Crippen molar-refractivity contribution in [1.29, 1.82) is 0 Å². The number of aryl methyl sites for hydroxylation is 1. The maximum absolute atomic E-state index is 13.2. The molecule has 0 spiro atoms. The normalized spacial score (nSPS) is 10.0. The molecule has 0 bridgehead atoms. The van der Waals surface area contributed by atoms with Gasteiger partial charge in [-0.25, -0.2) is 4.39 Å². The Balaban J connectivity index is 1.96. The van der Waals surface area contributed by atoms with Crippen molar-refractivity contribution in [2.45, 2.75) is 13.8 Å². The van der Waals surface area contributed by atoms with Gasteiger partial charge in [-0.3, -0.25) is 0 Å².